The summed E-state index contributed by atoms with van der Waals surface area (Å²) in [6.45, 7) is 2.60. The molecular weight excluding hydrogens is 352 g/mol. The van der Waals surface area contributed by atoms with Gasteiger partial charge in [-0.05, 0) is 17.7 Å². The normalized spacial score (nSPS) is 16.1. The molecule has 0 bridgehead atoms. The van der Waals surface area contributed by atoms with Crippen molar-refractivity contribution < 1.29 is 22.4 Å². The molecule has 1 amide bonds. The Morgan fingerprint density at radius 1 is 1.12 bits per heavy atom. The van der Waals surface area contributed by atoms with Gasteiger partial charge >= 0.3 is 6.18 Å². The molecule has 0 aliphatic carbocycles. The maximum atomic E-state index is 12.9. The number of carbonyl (C=O) groups is 1. The molecule has 2 aromatic rings. The van der Waals surface area contributed by atoms with E-state index in [0.29, 0.717) is 37.4 Å². The van der Waals surface area contributed by atoms with Gasteiger partial charge in [-0.15, -0.1) is 0 Å². The van der Waals surface area contributed by atoms with Gasteiger partial charge in [0.15, 0.2) is 5.69 Å². The summed E-state index contributed by atoms with van der Waals surface area (Å²) in [6, 6.07) is 6.99. The SMILES string of the molecule is Cn1nc(C(=O)N2CCN(Cc3ccc(F)cc3)CC2)cc1C(F)(F)F. The second kappa shape index (κ2) is 7.06. The number of aryl methyl sites for hydroxylation is 1. The van der Waals surface area contributed by atoms with Gasteiger partial charge in [-0.1, -0.05) is 12.1 Å². The molecule has 0 radical (unpaired) electrons. The smallest absolute Gasteiger partial charge is 0.335 e. The highest BCUT2D eigenvalue weighted by atomic mass is 19.4. The highest BCUT2D eigenvalue weighted by molar-refractivity contribution is 5.92. The minimum Gasteiger partial charge on any atom is -0.335 e. The van der Waals surface area contributed by atoms with Gasteiger partial charge in [0.25, 0.3) is 5.91 Å². The Morgan fingerprint density at radius 3 is 2.27 bits per heavy atom. The second-order valence-corrected chi connectivity index (χ2v) is 6.23. The Hall–Kier alpha value is -2.42. The monoisotopic (exact) mass is 370 g/mol. The van der Waals surface area contributed by atoms with Crippen molar-refractivity contribution in [2.24, 2.45) is 7.05 Å². The highest BCUT2D eigenvalue weighted by Gasteiger charge is 2.36. The van der Waals surface area contributed by atoms with Gasteiger partial charge < -0.3 is 4.90 Å². The number of carbonyl (C=O) groups excluding carboxylic acids is 1. The lowest BCUT2D eigenvalue weighted by Gasteiger charge is -2.34. The zero-order valence-corrected chi connectivity index (χ0v) is 14.1. The van der Waals surface area contributed by atoms with E-state index in [2.05, 4.69) is 10.00 Å². The first kappa shape index (κ1) is 18.4. The first-order valence-corrected chi connectivity index (χ1v) is 8.11. The van der Waals surface area contributed by atoms with Crippen molar-refractivity contribution in [1.82, 2.24) is 19.6 Å². The third-order valence-corrected chi connectivity index (χ3v) is 4.37. The Labute approximate surface area is 147 Å². The lowest BCUT2D eigenvalue weighted by Crippen LogP contribution is -2.48. The Kier molecular flexibility index (Phi) is 4.99. The van der Waals surface area contributed by atoms with E-state index >= 15 is 0 Å². The minimum absolute atomic E-state index is 0.202. The van der Waals surface area contributed by atoms with Crippen LogP contribution in [0.3, 0.4) is 0 Å². The maximum Gasteiger partial charge on any atom is 0.433 e. The quantitative estimate of drug-likeness (QED) is 0.780. The molecule has 1 aliphatic heterocycles. The van der Waals surface area contributed by atoms with Crippen LogP contribution in [0, 0.1) is 5.82 Å². The van der Waals surface area contributed by atoms with Crippen molar-refractivity contribution in [1.29, 1.82) is 0 Å². The third-order valence-electron chi connectivity index (χ3n) is 4.37. The van der Waals surface area contributed by atoms with E-state index in [0.717, 1.165) is 11.6 Å². The molecule has 2 heterocycles. The molecule has 0 unspecified atom stereocenters. The molecule has 1 saturated heterocycles. The van der Waals surface area contributed by atoms with E-state index in [1.165, 1.54) is 24.1 Å². The summed E-state index contributed by atoms with van der Waals surface area (Å²) in [5.41, 5.74) is -0.187. The number of piperazine rings is 1. The van der Waals surface area contributed by atoms with E-state index in [9.17, 15) is 22.4 Å². The van der Waals surface area contributed by atoms with E-state index < -0.39 is 17.8 Å². The van der Waals surface area contributed by atoms with E-state index in [4.69, 9.17) is 0 Å². The maximum absolute atomic E-state index is 12.9. The van der Waals surface area contributed by atoms with Crippen molar-refractivity contribution in [2.45, 2.75) is 12.7 Å². The van der Waals surface area contributed by atoms with Crippen molar-refractivity contribution >= 4 is 5.91 Å². The van der Waals surface area contributed by atoms with Gasteiger partial charge in [0.2, 0.25) is 0 Å². The minimum atomic E-state index is -4.55. The summed E-state index contributed by atoms with van der Waals surface area (Å²) in [5, 5.41) is 3.70. The van der Waals surface area contributed by atoms with Crippen molar-refractivity contribution in [3.05, 3.63) is 53.1 Å². The first-order valence-electron chi connectivity index (χ1n) is 8.11. The van der Waals surface area contributed by atoms with Crippen LogP contribution in [0.5, 0.6) is 0 Å². The fourth-order valence-electron chi connectivity index (χ4n) is 2.96. The average molecular weight is 370 g/mol. The lowest BCUT2D eigenvalue weighted by atomic mass is 10.2. The summed E-state index contributed by atoms with van der Waals surface area (Å²) < 4.78 is 52.1. The Morgan fingerprint density at radius 2 is 1.73 bits per heavy atom. The number of nitrogens with zero attached hydrogens (tertiary/aromatic N) is 4. The number of halogens is 4. The summed E-state index contributed by atoms with van der Waals surface area (Å²) >= 11 is 0. The molecule has 0 atom stereocenters. The van der Waals surface area contributed by atoms with Crippen LogP contribution in [0.25, 0.3) is 0 Å². The third kappa shape index (κ3) is 4.04. The lowest BCUT2D eigenvalue weighted by molar-refractivity contribution is -0.143. The van der Waals surface area contributed by atoms with Crippen molar-refractivity contribution in [2.75, 3.05) is 26.2 Å². The molecule has 0 spiro atoms. The van der Waals surface area contributed by atoms with Gasteiger partial charge in [-0.2, -0.15) is 18.3 Å². The molecule has 1 aromatic carbocycles. The van der Waals surface area contributed by atoms with Crippen molar-refractivity contribution in [3.63, 3.8) is 0 Å². The summed E-state index contributed by atoms with van der Waals surface area (Å²) in [5.74, 6) is -0.796. The molecule has 26 heavy (non-hydrogen) atoms. The van der Waals surface area contributed by atoms with Crippen LogP contribution < -0.4 is 0 Å². The molecule has 0 saturated carbocycles. The summed E-state index contributed by atoms with van der Waals surface area (Å²) in [6.07, 6.45) is -4.55. The average Bonchev–Trinajstić information content (AvgIpc) is 2.99. The Balaban J connectivity index is 1.59. The fraction of sp³-hybridized carbons (Fsp3) is 0.412. The topological polar surface area (TPSA) is 41.4 Å². The van der Waals surface area contributed by atoms with Gasteiger partial charge in [0.1, 0.15) is 11.5 Å². The fourth-order valence-corrected chi connectivity index (χ4v) is 2.96. The number of hydrogen-bond donors (Lipinski definition) is 0. The zero-order chi connectivity index (χ0) is 18.9. The van der Waals surface area contributed by atoms with Crippen LogP contribution >= 0.6 is 0 Å². The molecule has 9 heteroatoms. The van der Waals surface area contributed by atoms with Crippen LogP contribution in [-0.2, 0) is 19.8 Å². The largest absolute Gasteiger partial charge is 0.433 e. The molecule has 0 N–H and O–H groups in total. The number of aromatic nitrogens is 2. The number of alkyl halides is 3. The van der Waals surface area contributed by atoms with Crippen LogP contribution in [0.15, 0.2) is 30.3 Å². The predicted molar refractivity (Wildman–Crippen MR) is 85.8 cm³/mol. The van der Waals surface area contributed by atoms with Crippen molar-refractivity contribution in [3.8, 4) is 0 Å². The zero-order valence-electron chi connectivity index (χ0n) is 14.1. The number of amides is 1. The molecule has 1 aliphatic rings. The predicted octanol–water partition coefficient (Wildman–Crippen LogP) is 2.54. The van der Waals surface area contributed by atoms with Crippen LogP contribution in [0.1, 0.15) is 21.7 Å². The van der Waals surface area contributed by atoms with Gasteiger partial charge in [-0.3, -0.25) is 14.4 Å². The van der Waals surface area contributed by atoms with Crippen LogP contribution in [0.4, 0.5) is 17.6 Å². The number of hydrogen-bond acceptors (Lipinski definition) is 3. The molecule has 1 aromatic heterocycles. The van der Waals surface area contributed by atoms with E-state index in [1.807, 2.05) is 0 Å². The van der Waals surface area contributed by atoms with Gasteiger partial charge in [-0.25, -0.2) is 4.39 Å². The van der Waals surface area contributed by atoms with Gasteiger partial charge in [0.05, 0.1) is 0 Å². The van der Waals surface area contributed by atoms with Gasteiger partial charge in [0, 0.05) is 45.8 Å². The highest BCUT2D eigenvalue weighted by Crippen LogP contribution is 2.29. The molecule has 140 valence electrons. The van der Waals surface area contributed by atoms with Crippen LogP contribution in [-0.4, -0.2) is 51.7 Å². The first-order chi connectivity index (χ1) is 12.2. The van der Waals surface area contributed by atoms with E-state index in [-0.39, 0.29) is 11.5 Å². The van der Waals surface area contributed by atoms with Crippen LogP contribution in [0.2, 0.25) is 0 Å². The molecular formula is C17H18F4N4O. The summed E-state index contributed by atoms with van der Waals surface area (Å²) in [7, 11) is 1.17. The standard InChI is InChI=1S/C17H18F4N4O/c1-23-15(17(19,20)21)10-14(22-23)16(26)25-8-6-24(7-9-25)11-12-2-4-13(18)5-3-12/h2-5,10H,6-9,11H2,1H3. The number of rotatable bonds is 3. The van der Waals surface area contributed by atoms with E-state index in [1.54, 1.807) is 12.1 Å². The number of benzene rings is 1. The second-order valence-electron chi connectivity index (χ2n) is 6.23. The molecule has 5 nitrogen and oxygen atoms in total. The summed E-state index contributed by atoms with van der Waals surface area (Å²) in [4.78, 5) is 16.0. The molecule has 3 rings (SSSR count). The Bertz CT molecular complexity index is 777. The molecule has 1 fully saturated rings.